The molecule has 204 valence electrons. The lowest BCUT2D eigenvalue weighted by Gasteiger charge is -2.33. The van der Waals surface area contributed by atoms with E-state index in [1.165, 1.54) is 17.0 Å². The van der Waals surface area contributed by atoms with Crippen molar-refractivity contribution in [2.75, 3.05) is 45.6 Å². The van der Waals surface area contributed by atoms with Gasteiger partial charge in [0.2, 0.25) is 11.8 Å². The summed E-state index contributed by atoms with van der Waals surface area (Å²) in [6, 6.07) is 5.99. The molecule has 2 saturated heterocycles. The third-order valence-corrected chi connectivity index (χ3v) is 7.03. The third kappa shape index (κ3) is 5.98. The summed E-state index contributed by atoms with van der Waals surface area (Å²) in [5.74, 6) is -1.37. The standard InChI is InChI=1S/C27H31F4N5O2/c1-16(27(29,30)31)24-18-7-4-8-22(34-23-10-12-35(2)15-21(23)28)20(18)14-17(33-24)6-5-11-32-25(37)19-9-13-36(3)26(19)38/h4-8,14,19,21,23,34H,1,9-13,15H2,2-3H3,(H,32,37)/b6-5+/t19?,21-,23+/m0/s1. The van der Waals surface area contributed by atoms with E-state index in [1.807, 2.05) is 11.9 Å². The monoisotopic (exact) mass is 533 g/mol. The maximum atomic E-state index is 14.7. The van der Waals surface area contributed by atoms with Crippen LogP contribution in [-0.4, -0.2) is 85.3 Å². The van der Waals surface area contributed by atoms with Crippen LogP contribution in [-0.2, 0) is 9.59 Å². The van der Waals surface area contributed by atoms with Crippen molar-refractivity contribution in [3.05, 3.63) is 48.3 Å². The van der Waals surface area contributed by atoms with Crippen molar-refractivity contribution in [2.24, 2.45) is 5.92 Å². The number of alkyl halides is 4. The molecule has 2 aliphatic heterocycles. The van der Waals surface area contributed by atoms with E-state index in [4.69, 9.17) is 0 Å². The number of allylic oxidation sites excluding steroid dienone is 1. The van der Waals surface area contributed by atoms with Gasteiger partial charge in [-0.15, -0.1) is 0 Å². The minimum atomic E-state index is -4.70. The Morgan fingerprint density at radius 3 is 2.63 bits per heavy atom. The van der Waals surface area contributed by atoms with Gasteiger partial charge in [-0.2, -0.15) is 13.2 Å². The number of aromatic nitrogens is 1. The normalized spacial score (nSPS) is 22.8. The van der Waals surface area contributed by atoms with Gasteiger partial charge >= 0.3 is 6.18 Å². The number of pyridine rings is 1. The number of fused-ring (bicyclic) bond motifs is 1. The van der Waals surface area contributed by atoms with E-state index in [0.717, 1.165) is 0 Å². The molecule has 0 radical (unpaired) electrons. The number of halogens is 4. The molecule has 2 amide bonds. The SMILES string of the molecule is C=C(c1nc(/C=C/CNC(=O)C2CCN(C)C2=O)cc2c(N[C@@H]3CCN(C)C[C@@H]3F)cccc12)C(F)(F)F. The summed E-state index contributed by atoms with van der Waals surface area (Å²) < 4.78 is 55.7. The summed E-state index contributed by atoms with van der Waals surface area (Å²) in [6.07, 6.45) is -1.79. The Kier molecular flexibility index (Phi) is 8.05. The molecule has 4 rings (SSSR count). The van der Waals surface area contributed by atoms with Crippen LogP contribution in [0.15, 0.2) is 36.9 Å². The quantitative estimate of drug-likeness (QED) is 0.418. The van der Waals surface area contributed by atoms with Crippen molar-refractivity contribution in [1.82, 2.24) is 20.1 Å². The number of nitrogens with one attached hydrogen (secondary N) is 2. The number of piperidine rings is 1. The van der Waals surface area contributed by atoms with Crippen LogP contribution in [0.4, 0.5) is 23.2 Å². The van der Waals surface area contributed by atoms with Crippen LogP contribution >= 0.6 is 0 Å². The molecule has 0 spiro atoms. The molecule has 2 aliphatic rings. The summed E-state index contributed by atoms with van der Waals surface area (Å²) in [6.45, 7) is 4.78. The molecule has 2 N–H and O–H groups in total. The average molecular weight is 534 g/mol. The molecule has 2 fully saturated rings. The number of anilines is 1. The largest absolute Gasteiger partial charge is 0.417 e. The third-order valence-electron chi connectivity index (χ3n) is 7.03. The number of nitrogens with zero attached hydrogens (tertiary/aromatic N) is 3. The van der Waals surface area contributed by atoms with Gasteiger partial charge < -0.3 is 20.4 Å². The minimum absolute atomic E-state index is 0.0701. The Balaban J connectivity index is 1.61. The minimum Gasteiger partial charge on any atom is -0.379 e. The van der Waals surface area contributed by atoms with E-state index in [9.17, 15) is 27.2 Å². The molecule has 1 aromatic carbocycles. The van der Waals surface area contributed by atoms with Gasteiger partial charge in [0.25, 0.3) is 0 Å². The van der Waals surface area contributed by atoms with Gasteiger partial charge in [0, 0.05) is 49.7 Å². The number of amides is 2. The fourth-order valence-electron chi connectivity index (χ4n) is 4.82. The molecule has 0 saturated carbocycles. The Morgan fingerprint density at radius 1 is 1.21 bits per heavy atom. The summed E-state index contributed by atoms with van der Waals surface area (Å²) in [5.41, 5.74) is -0.680. The molecule has 38 heavy (non-hydrogen) atoms. The number of carbonyl (C=O) groups is 2. The molecule has 0 bridgehead atoms. The number of benzene rings is 1. The number of likely N-dealkylation sites (tertiary alicyclic amines) is 2. The molecular weight excluding hydrogens is 502 g/mol. The number of hydrogen-bond donors (Lipinski definition) is 2. The molecule has 0 aliphatic carbocycles. The second-order valence-electron chi connectivity index (χ2n) is 9.84. The first-order valence-corrected chi connectivity index (χ1v) is 12.4. The van der Waals surface area contributed by atoms with E-state index in [1.54, 1.807) is 31.3 Å². The van der Waals surface area contributed by atoms with Crippen LogP contribution < -0.4 is 10.6 Å². The van der Waals surface area contributed by atoms with Crippen LogP contribution in [0.1, 0.15) is 24.2 Å². The fraction of sp³-hybridized carbons (Fsp3) is 0.444. The van der Waals surface area contributed by atoms with Crippen LogP contribution in [0.2, 0.25) is 0 Å². The number of hydrogen-bond acceptors (Lipinski definition) is 5. The van der Waals surface area contributed by atoms with Gasteiger partial charge in [0.05, 0.1) is 23.0 Å². The topological polar surface area (TPSA) is 77.6 Å². The lowest BCUT2D eigenvalue weighted by Crippen LogP contribution is -2.46. The van der Waals surface area contributed by atoms with Crippen molar-refractivity contribution in [3.8, 4) is 0 Å². The molecule has 3 heterocycles. The first-order chi connectivity index (χ1) is 18.0. The Labute approximate surface area is 218 Å². The van der Waals surface area contributed by atoms with E-state index in [0.29, 0.717) is 37.0 Å². The lowest BCUT2D eigenvalue weighted by molar-refractivity contribution is -0.136. The maximum Gasteiger partial charge on any atom is 0.417 e. The van der Waals surface area contributed by atoms with Gasteiger partial charge in [-0.3, -0.25) is 9.59 Å². The lowest BCUT2D eigenvalue weighted by atomic mass is 9.99. The highest BCUT2D eigenvalue weighted by Crippen LogP contribution is 2.37. The maximum absolute atomic E-state index is 14.7. The van der Waals surface area contributed by atoms with Crippen molar-refractivity contribution >= 4 is 39.9 Å². The molecule has 3 atom stereocenters. The summed E-state index contributed by atoms with van der Waals surface area (Å²) in [4.78, 5) is 32.0. The van der Waals surface area contributed by atoms with Gasteiger partial charge in [-0.1, -0.05) is 24.8 Å². The fourth-order valence-corrected chi connectivity index (χ4v) is 4.82. The highest BCUT2D eigenvalue weighted by atomic mass is 19.4. The van der Waals surface area contributed by atoms with Crippen molar-refractivity contribution in [2.45, 2.75) is 31.2 Å². The summed E-state index contributed by atoms with van der Waals surface area (Å²) in [5, 5.41) is 6.55. The van der Waals surface area contributed by atoms with Crippen molar-refractivity contribution < 1.29 is 27.2 Å². The smallest absolute Gasteiger partial charge is 0.379 e. The van der Waals surface area contributed by atoms with Crippen molar-refractivity contribution in [1.29, 1.82) is 0 Å². The molecule has 2 aromatic rings. The zero-order chi connectivity index (χ0) is 27.6. The Hall–Kier alpha value is -3.47. The van der Waals surface area contributed by atoms with E-state index >= 15 is 0 Å². The first-order valence-electron chi connectivity index (χ1n) is 12.4. The zero-order valence-corrected chi connectivity index (χ0v) is 21.3. The summed E-state index contributed by atoms with van der Waals surface area (Å²) >= 11 is 0. The van der Waals surface area contributed by atoms with Gasteiger partial charge in [-0.25, -0.2) is 9.37 Å². The van der Waals surface area contributed by atoms with E-state index in [-0.39, 0.29) is 35.8 Å². The van der Waals surface area contributed by atoms with Crippen LogP contribution in [0.3, 0.4) is 0 Å². The van der Waals surface area contributed by atoms with E-state index < -0.39 is 35.8 Å². The Bertz CT molecular complexity index is 1260. The second-order valence-corrected chi connectivity index (χ2v) is 9.84. The highest BCUT2D eigenvalue weighted by molar-refractivity contribution is 6.02. The first kappa shape index (κ1) is 27.6. The van der Waals surface area contributed by atoms with Crippen LogP contribution in [0.25, 0.3) is 22.4 Å². The van der Waals surface area contributed by atoms with Crippen molar-refractivity contribution in [3.63, 3.8) is 0 Å². The predicted octanol–water partition coefficient (Wildman–Crippen LogP) is 3.87. The molecule has 1 unspecified atom stereocenters. The Morgan fingerprint density at radius 2 is 1.97 bits per heavy atom. The predicted molar refractivity (Wildman–Crippen MR) is 139 cm³/mol. The molecule has 1 aromatic heterocycles. The number of carbonyl (C=O) groups excluding carboxylic acids is 2. The molecular formula is C27H31F4N5O2. The molecule has 11 heteroatoms. The average Bonchev–Trinajstić information content (AvgIpc) is 3.20. The van der Waals surface area contributed by atoms with Crippen LogP contribution in [0, 0.1) is 5.92 Å². The van der Waals surface area contributed by atoms with Gasteiger partial charge in [0.15, 0.2) is 0 Å². The second kappa shape index (κ2) is 11.1. The molecule has 7 nitrogen and oxygen atoms in total. The van der Waals surface area contributed by atoms with Gasteiger partial charge in [0.1, 0.15) is 12.1 Å². The van der Waals surface area contributed by atoms with Gasteiger partial charge in [-0.05, 0) is 38.1 Å². The van der Waals surface area contributed by atoms with E-state index in [2.05, 4.69) is 22.2 Å². The number of rotatable bonds is 7. The van der Waals surface area contributed by atoms with Crippen LogP contribution in [0.5, 0.6) is 0 Å². The summed E-state index contributed by atoms with van der Waals surface area (Å²) in [7, 11) is 3.48. The zero-order valence-electron chi connectivity index (χ0n) is 21.3. The highest BCUT2D eigenvalue weighted by Gasteiger charge is 2.36.